The maximum absolute atomic E-state index is 3.75. The lowest BCUT2D eigenvalue weighted by Crippen LogP contribution is -2.60. The number of hydrogen-bond donors (Lipinski definition) is 1. The second kappa shape index (κ2) is 10.3. The first-order valence-corrected chi connectivity index (χ1v) is 8.04. The normalized spacial score (nSPS) is 13.2. The molecule has 19 heavy (non-hydrogen) atoms. The van der Waals surface area contributed by atoms with E-state index in [2.05, 4.69) is 56.7 Å². The maximum Gasteiger partial charge on any atom is 0.0366 e. The molecule has 2 heteroatoms. The van der Waals surface area contributed by atoms with Crippen molar-refractivity contribution in [1.29, 1.82) is 0 Å². The average Bonchev–Trinajstić information content (AvgIpc) is 2.45. The average molecular weight is 266 g/mol. The molecule has 0 aromatic rings. The molecule has 0 aliphatic heterocycles. The van der Waals surface area contributed by atoms with E-state index in [-0.39, 0.29) is 5.54 Å². The number of hydrogen-bond acceptors (Lipinski definition) is 2. The first-order chi connectivity index (χ1) is 9.16. The van der Waals surface area contributed by atoms with Crippen molar-refractivity contribution < 1.29 is 0 Å². The third-order valence-electron chi connectivity index (χ3n) is 4.39. The largest absolute Gasteiger partial charge is 0.311 e. The van der Waals surface area contributed by atoms with E-state index in [0.29, 0.717) is 6.04 Å². The molecule has 0 aliphatic carbocycles. The fraction of sp³-hybridized carbons (Fsp3) is 0.882. The summed E-state index contributed by atoms with van der Waals surface area (Å²) in [7, 11) is 0. The van der Waals surface area contributed by atoms with Crippen LogP contribution >= 0.6 is 0 Å². The highest BCUT2D eigenvalue weighted by molar-refractivity contribution is 5.07. The molecule has 0 radical (unpaired) electrons. The number of likely N-dealkylation sites (N-methyl/N-ethyl adjacent to an activating group) is 1. The van der Waals surface area contributed by atoms with Gasteiger partial charge in [-0.1, -0.05) is 34.6 Å². The summed E-state index contributed by atoms with van der Waals surface area (Å²) >= 11 is 0. The quantitative estimate of drug-likeness (QED) is 0.607. The van der Waals surface area contributed by atoms with Gasteiger partial charge in [0, 0.05) is 18.0 Å². The van der Waals surface area contributed by atoms with Gasteiger partial charge < -0.3 is 5.32 Å². The van der Waals surface area contributed by atoms with Gasteiger partial charge in [0.1, 0.15) is 0 Å². The third kappa shape index (κ3) is 4.82. The number of rotatable bonds is 10. The molecule has 1 unspecified atom stereocenters. The molecule has 0 aromatic heterocycles. The van der Waals surface area contributed by atoms with Crippen LogP contribution in [0.1, 0.15) is 67.2 Å². The van der Waals surface area contributed by atoms with Crippen LogP contribution in [0.25, 0.3) is 0 Å². The van der Waals surface area contributed by atoms with Gasteiger partial charge in [-0.25, -0.2) is 0 Å². The summed E-state index contributed by atoms with van der Waals surface area (Å²) in [5.74, 6) is 6.36. The van der Waals surface area contributed by atoms with Gasteiger partial charge in [0.2, 0.25) is 0 Å². The van der Waals surface area contributed by atoms with Gasteiger partial charge in [-0.15, -0.1) is 11.8 Å². The molecule has 0 aromatic carbocycles. The Hall–Kier alpha value is -0.520. The van der Waals surface area contributed by atoms with Gasteiger partial charge in [-0.2, -0.15) is 0 Å². The smallest absolute Gasteiger partial charge is 0.0366 e. The van der Waals surface area contributed by atoms with Crippen molar-refractivity contribution >= 4 is 0 Å². The minimum absolute atomic E-state index is 0.239. The molecule has 0 aliphatic rings. The predicted octanol–water partition coefficient (Wildman–Crippen LogP) is 3.67. The SMILES string of the molecule is CC#CCC(NCCC)C(CC)(CC)N(CC)CC. The molecule has 0 saturated carbocycles. The van der Waals surface area contributed by atoms with Crippen molar-refractivity contribution in [3.05, 3.63) is 0 Å². The Morgan fingerprint density at radius 2 is 1.63 bits per heavy atom. The molecule has 0 heterocycles. The standard InChI is InChI=1S/C17H34N2/c1-7-13-14-16(18-15-8-2)17(9-3,10-4)19(11-5)12-6/h16,18H,8-12,14-15H2,1-6H3. The molecule has 0 bridgehead atoms. The van der Waals surface area contributed by atoms with Gasteiger partial charge in [0.15, 0.2) is 0 Å². The van der Waals surface area contributed by atoms with E-state index >= 15 is 0 Å². The molecule has 0 fully saturated rings. The first kappa shape index (κ1) is 18.5. The van der Waals surface area contributed by atoms with Gasteiger partial charge in [0.05, 0.1) is 0 Å². The Balaban J connectivity index is 5.23. The van der Waals surface area contributed by atoms with Crippen molar-refractivity contribution in [3.63, 3.8) is 0 Å². The summed E-state index contributed by atoms with van der Waals surface area (Å²) < 4.78 is 0. The zero-order valence-electron chi connectivity index (χ0n) is 14.0. The van der Waals surface area contributed by atoms with Gasteiger partial charge >= 0.3 is 0 Å². The molecule has 2 nitrogen and oxygen atoms in total. The van der Waals surface area contributed by atoms with Crippen LogP contribution < -0.4 is 5.32 Å². The summed E-state index contributed by atoms with van der Waals surface area (Å²) in [4.78, 5) is 2.62. The van der Waals surface area contributed by atoms with E-state index in [1.165, 1.54) is 19.3 Å². The van der Waals surface area contributed by atoms with Crippen molar-refractivity contribution in [2.24, 2.45) is 0 Å². The summed E-state index contributed by atoms with van der Waals surface area (Å²) in [6.45, 7) is 16.7. The molecule has 0 saturated heterocycles. The van der Waals surface area contributed by atoms with E-state index in [1.54, 1.807) is 0 Å². The Bertz CT molecular complexity index is 267. The first-order valence-electron chi connectivity index (χ1n) is 8.04. The Morgan fingerprint density at radius 3 is 2.00 bits per heavy atom. The minimum Gasteiger partial charge on any atom is -0.311 e. The van der Waals surface area contributed by atoms with Gasteiger partial charge in [0.25, 0.3) is 0 Å². The topological polar surface area (TPSA) is 15.3 Å². The second-order valence-corrected chi connectivity index (χ2v) is 5.12. The highest BCUT2D eigenvalue weighted by Crippen LogP contribution is 2.29. The van der Waals surface area contributed by atoms with Crippen molar-refractivity contribution in [3.8, 4) is 11.8 Å². The molecule has 1 N–H and O–H groups in total. The van der Waals surface area contributed by atoms with Crippen LogP contribution in [0, 0.1) is 11.8 Å². The maximum atomic E-state index is 3.75. The van der Waals surface area contributed by atoms with Crippen LogP contribution in [0.15, 0.2) is 0 Å². The Kier molecular flexibility index (Phi) is 10.0. The second-order valence-electron chi connectivity index (χ2n) is 5.12. The fourth-order valence-corrected chi connectivity index (χ4v) is 3.24. The van der Waals surface area contributed by atoms with Crippen molar-refractivity contribution in [1.82, 2.24) is 10.2 Å². The lowest BCUT2D eigenvalue weighted by atomic mass is 9.80. The van der Waals surface area contributed by atoms with Crippen LogP contribution in [-0.2, 0) is 0 Å². The summed E-state index contributed by atoms with van der Waals surface area (Å²) in [5.41, 5.74) is 0.239. The van der Waals surface area contributed by atoms with Gasteiger partial charge in [-0.05, 0) is 45.8 Å². The Morgan fingerprint density at radius 1 is 1.05 bits per heavy atom. The van der Waals surface area contributed by atoms with Crippen LogP contribution in [-0.4, -0.2) is 36.1 Å². The number of nitrogens with zero attached hydrogens (tertiary/aromatic N) is 1. The van der Waals surface area contributed by atoms with Crippen LogP contribution in [0.4, 0.5) is 0 Å². The van der Waals surface area contributed by atoms with E-state index in [4.69, 9.17) is 0 Å². The zero-order valence-corrected chi connectivity index (χ0v) is 14.0. The van der Waals surface area contributed by atoms with Crippen LogP contribution in [0.3, 0.4) is 0 Å². The summed E-state index contributed by atoms with van der Waals surface area (Å²) in [6.07, 6.45) is 4.49. The molecular weight excluding hydrogens is 232 g/mol. The van der Waals surface area contributed by atoms with Crippen molar-refractivity contribution in [2.75, 3.05) is 19.6 Å². The summed E-state index contributed by atoms with van der Waals surface area (Å²) in [5, 5.41) is 3.75. The van der Waals surface area contributed by atoms with E-state index < -0.39 is 0 Å². The Labute approximate surface area is 121 Å². The number of nitrogens with one attached hydrogen (secondary N) is 1. The lowest BCUT2D eigenvalue weighted by Gasteiger charge is -2.48. The van der Waals surface area contributed by atoms with Gasteiger partial charge in [-0.3, -0.25) is 4.90 Å². The van der Waals surface area contributed by atoms with E-state index in [9.17, 15) is 0 Å². The van der Waals surface area contributed by atoms with E-state index in [0.717, 1.165) is 26.1 Å². The summed E-state index contributed by atoms with van der Waals surface area (Å²) in [6, 6.07) is 0.467. The molecular formula is C17H34N2. The molecule has 0 amide bonds. The molecule has 0 spiro atoms. The molecule has 112 valence electrons. The minimum atomic E-state index is 0.239. The van der Waals surface area contributed by atoms with Crippen LogP contribution in [0.5, 0.6) is 0 Å². The van der Waals surface area contributed by atoms with E-state index in [1.807, 2.05) is 6.92 Å². The fourth-order valence-electron chi connectivity index (χ4n) is 3.24. The monoisotopic (exact) mass is 266 g/mol. The van der Waals surface area contributed by atoms with Crippen LogP contribution in [0.2, 0.25) is 0 Å². The van der Waals surface area contributed by atoms with Crippen molar-refractivity contribution in [2.45, 2.75) is 78.8 Å². The zero-order chi connectivity index (χ0) is 14.7. The lowest BCUT2D eigenvalue weighted by molar-refractivity contribution is 0.0509. The molecule has 0 rings (SSSR count). The predicted molar refractivity (Wildman–Crippen MR) is 86.4 cm³/mol. The highest BCUT2D eigenvalue weighted by Gasteiger charge is 2.38. The highest BCUT2D eigenvalue weighted by atomic mass is 15.2. The third-order valence-corrected chi connectivity index (χ3v) is 4.39. The molecule has 1 atom stereocenters.